The fourth-order valence-electron chi connectivity index (χ4n) is 4.67. The fraction of sp³-hybridized carbons (Fsp3) is 0.583. The Balaban J connectivity index is 1.20. The highest BCUT2D eigenvalue weighted by molar-refractivity contribution is 8.43. The van der Waals surface area contributed by atoms with Gasteiger partial charge in [0.25, 0.3) is 0 Å². The van der Waals surface area contributed by atoms with Crippen molar-refractivity contribution in [3.8, 4) is 17.5 Å². The summed E-state index contributed by atoms with van der Waals surface area (Å²) < 4.78 is 31.0. The zero-order chi connectivity index (χ0) is 24.1. The van der Waals surface area contributed by atoms with E-state index in [1.807, 2.05) is 12.3 Å². The molecule has 3 heterocycles. The second kappa shape index (κ2) is 11.2. The van der Waals surface area contributed by atoms with Crippen LogP contribution in [0.4, 0.5) is 5.95 Å². The van der Waals surface area contributed by atoms with Gasteiger partial charge in [-0.15, -0.1) is 0 Å². The Morgan fingerprint density at radius 3 is 2.41 bits per heavy atom. The molecule has 188 valence electrons. The molecule has 1 saturated heterocycles. The normalized spacial score (nSPS) is 17.8. The molecule has 2 aliphatic heterocycles. The zero-order valence-electron chi connectivity index (χ0n) is 20.4. The van der Waals surface area contributed by atoms with Gasteiger partial charge in [0.05, 0.1) is 26.9 Å². The Morgan fingerprint density at radius 2 is 1.76 bits per heavy atom. The van der Waals surface area contributed by atoms with Crippen molar-refractivity contribution in [1.82, 2.24) is 14.3 Å². The molecule has 1 atom stereocenters. The van der Waals surface area contributed by atoms with Gasteiger partial charge < -0.3 is 19.1 Å². The summed E-state index contributed by atoms with van der Waals surface area (Å²) >= 11 is 0. The van der Waals surface area contributed by atoms with Crippen LogP contribution in [-0.4, -0.2) is 65.2 Å². The lowest BCUT2D eigenvalue weighted by molar-refractivity contribution is 0.278. The second-order valence-corrected chi connectivity index (χ2v) is 14.5. The number of hydrogen-bond donors (Lipinski definition) is 1. The molecule has 34 heavy (non-hydrogen) atoms. The first kappa shape index (κ1) is 25.1. The maximum Gasteiger partial charge on any atom is 0.231 e. The van der Waals surface area contributed by atoms with E-state index in [1.165, 1.54) is 11.1 Å². The number of nitrogens with zero attached hydrogens (tertiary/aromatic N) is 4. The van der Waals surface area contributed by atoms with E-state index in [-0.39, 0.29) is 0 Å². The molecule has 1 aromatic carbocycles. The molecule has 0 saturated carbocycles. The molecule has 0 bridgehead atoms. The van der Waals surface area contributed by atoms with E-state index in [9.17, 15) is 4.21 Å². The van der Waals surface area contributed by atoms with Crippen LogP contribution >= 0.6 is 8.44 Å². The van der Waals surface area contributed by atoms with Crippen LogP contribution in [0.5, 0.6) is 17.5 Å². The highest BCUT2D eigenvalue weighted by Crippen LogP contribution is 2.30. The second-order valence-electron chi connectivity index (χ2n) is 9.19. The molecule has 0 N–H and O–H groups in total. The number of thiol groups is 1. The lowest BCUT2D eigenvalue weighted by Gasteiger charge is -2.34. The van der Waals surface area contributed by atoms with Crippen LogP contribution in [0.25, 0.3) is 0 Å². The van der Waals surface area contributed by atoms with Gasteiger partial charge in [0.15, 0.2) is 0 Å². The molecule has 0 radical (unpaired) electrons. The van der Waals surface area contributed by atoms with Gasteiger partial charge in [0, 0.05) is 32.4 Å². The predicted octanol–water partition coefficient (Wildman–Crippen LogP) is 3.28. The van der Waals surface area contributed by atoms with Gasteiger partial charge in [-0.3, -0.25) is 4.21 Å². The quantitative estimate of drug-likeness (QED) is 0.317. The summed E-state index contributed by atoms with van der Waals surface area (Å²) in [7, 11) is 3.45. The first-order valence-electron chi connectivity index (χ1n) is 11.9. The van der Waals surface area contributed by atoms with Crippen molar-refractivity contribution >= 4 is 24.1 Å². The lowest BCUT2D eigenvalue weighted by atomic mass is 9.92. The molecule has 1 fully saturated rings. The average molecular weight is 509 g/mol. The number of aromatic nitrogens is 2. The maximum atomic E-state index is 12.3. The summed E-state index contributed by atoms with van der Waals surface area (Å²) in [6.45, 7) is 4.19. The Hall–Kier alpha value is -1.96. The molecule has 0 spiro atoms. The van der Waals surface area contributed by atoms with Gasteiger partial charge in [-0.05, 0) is 71.0 Å². The zero-order valence-corrected chi connectivity index (χ0v) is 22.5. The number of piperidine rings is 1. The third kappa shape index (κ3) is 6.37. The van der Waals surface area contributed by atoms with Crippen LogP contribution < -0.4 is 19.1 Å². The van der Waals surface area contributed by atoms with Crippen molar-refractivity contribution in [2.75, 3.05) is 51.6 Å². The minimum absolute atomic E-state index is 0.523. The number of rotatable bonds is 9. The Labute approximate surface area is 205 Å². The number of fused-ring (bicyclic) bond motifs is 1. The molecule has 0 aliphatic carbocycles. The Morgan fingerprint density at radius 1 is 1.06 bits per heavy atom. The van der Waals surface area contributed by atoms with Crippen molar-refractivity contribution in [2.45, 2.75) is 38.6 Å². The highest BCUT2D eigenvalue weighted by Gasteiger charge is 2.23. The lowest BCUT2D eigenvalue weighted by Crippen LogP contribution is -2.36. The predicted molar refractivity (Wildman–Crippen MR) is 141 cm³/mol. The molecule has 2 aromatic rings. The van der Waals surface area contributed by atoms with Gasteiger partial charge in [-0.1, -0.05) is 14.5 Å². The Bertz CT molecular complexity index is 1000. The smallest absolute Gasteiger partial charge is 0.231 e. The molecule has 1 aromatic heterocycles. The summed E-state index contributed by atoms with van der Waals surface area (Å²) in [5.41, 5.74) is 2.57. The third-order valence-corrected chi connectivity index (χ3v) is 9.18. The summed E-state index contributed by atoms with van der Waals surface area (Å²) in [5.74, 6) is 3.36. The number of hydrogen-bond acceptors (Lipinski definition) is 7. The number of methoxy groups -OCH3 is 2. The van der Waals surface area contributed by atoms with Gasteiger partial charge in [-0.25, -0.2) is 4.31 Å². The summed E-state index contributed by atoms with van der Waals surface area (Å²) in [5, 5.41) is 0. The van der Waals surface area contributed by atoms with Crippen LogP contribution in [0.15, 0.2) is 24.3 Å². The Kier molecular flexibility index (Phi) is 8.27. The average Bonchev–Trinajstić information content (AvgIpc) is 2.85. The van der Waals surface area contributed by atoms with Crippen LogP contribution in [0.3, 0.4) is 0 Å². The fourth-order valence-corrected chi connectivity index (χ4v) is 6.19. The van der Waals surface area contributed by atoms with Crippen molar-refractivity contribution in [3.05, 3.63) is 35.4 Å². The highest BCUT2D eigenvalue weighted by atomic mass is 32.8. The van der Waals surface area contributed by atoms with Gasteiger partial charge in [-0.2, -0.15) is 9.97 Å². The van der Waals surface area contributed by atoms with Gasteiger partial charge in [0.1, 0.15) is 5.75 Å². The number of anilines is 1. The molecular weight excluding hydrogens is 471 g/mol. The molecule has 4 rings (SSSR count). The van der Waals surface area contributed by atoms with Crippen LogP contribution in [0, 0.1) is 5.92 Å². The van der Waals surface area contributed by atoms with Crippen molar-refractivity contribution in [1.29, 1.82) is 0 Å². The van der Waals surface area contributed by atoms with E-state index < -0.39 is 9.74 Å². The van der Waals surface area contributed by atoms with Crippen LogP contribution in [0.1, 0.15) is 36.8 Å². The van der Waals surface area contributed by atoms with E-state index in [0.717, 1.165) is 70.6 Å². The van der Waals surface area contributed by atoms with E-state index in [4.69, 9.17) is 14.2 Å². The monoisotopic (exact) mass is 508 g/mol. The molecular formula is C24H37N4O4PS. The molecule has 2 aliphatic rings. The minimum atomic E-state index is -2.28. The van der Waals surface area contributed by atoms with Crippen molar-refractivity contribution in [2.24, 2.45) is 5.92 Å². The van der Waals surface area contributed by atoms with E-state index in [1.54, 1.807) is 20.3 Å². The van der Waals surface area contributed by atoms with E-state index >= 15 is 0 Å². The van der Waals surface area contributed by atoms with Crippen molar-refractivity contribution < 1.29 is 18.4 Å². The first-order valence-corrected chi connectivity index (χ1v) is 15.7. The SMILES string of the molecule is COc1cc(OC)nc(N2CCC(CCCOc3ccc4c(c3)CCN([SH](C)(=O)P)C4)CC2)n1. The molecule has 0 amide bonds. The number of ether oxygens (including phenoxy) is 3. The first-order chi connectivity index (χ1) is 16.4. The number of benzene rings is 1. The van der Waals surface area contributed by atoms with Crippen LogP contribution in [-0.2, 0) is 22.7 Å². The van der Waals surface area contributed by atoms with E-state index in [2.05, 4.69) is 39.7 Å². The van der Waals surface area contributed by atoms with E-state index in [0.29, 0.717) is 23.6 Å². The molecule has 8 nitrogen and oxygen atoms in total. The van der Waals surface area contributed by atoms with Crippen molar-refractivity contribution in [3.63, 3.8) is 0 Å². The molecule has 10 heteroatoms. The summed E-state index contributed by atoms with van der Waals surface area (Å²) in [6.07, 6.45) is 7.18. The largest absolute Gasteiger partial charge is 0.494 e. The standard InChI is InChI=1S/C24H37N4O4PS/c1-30-22-16-23(31-2)26-24(25-22)27-11-8-18(9-12-27)5-4-14-32-21-7-6-20-17-28(34(3,29)33)13-10-19(20)15-21/h6-7,15-16,18,34H,4-5,8-14,17,33H2,1-3H3. The molecule has 1 unspecified atom stereocenters. The van der Waals surface area contributed by atoms with Gasteiger partial charge >= 0.3 is 0 Å². The van der Waals surface area contributed by atoms with Gasteiger partial charge in [0.2, 0.25) is 17.7 Å². The summed E-state index contributed by atoms with van der Waals surface area (Å²) in [4.78, 5) is 11.2. The minimum Gasteiger partial charge on any atom is -0.494 e. The van der Waals surface area contributed by atoms with Crippen LogP contribution in [0.2, 0.25) is 0 Å². The topological polar surface area (TPSA) is 77.0 Å². The third-order valence-electron chi connectivity index (χ3n) is 6.74. The maximum absolute atomic E-state index is 12.3. The summed E-state index contributed by atoms with van der Waals surface area (Å²) in [6, 6.07) is 8.03.